The molecule has 0 amide bonds. The Hall–Kier alpha value is -1.90. The van der Waals surface area contributed by atoms with Gasteiger partial charge in [-0.05, 0) is 12.8 Å². The number of aromatic nitrogens is 6. The lowest BCUT2D eigenvalue weighted by atomic mass is 10.2. The normalized spacial score (nSPS) is 14.8. The zero-order chi connectivity index (χ0) is 15.0. The minimum absolute atomic E-state index is 0.143. The fourth-order valence-electron chi connectivity index (χ4n) is 2.11. The van der Waals surface area contributed by atoms with Gasteiger partial charge in [-0.3, -0.25) is 0 Å². The Labute approximate surface area is 126 Å². The highest BCUT2D eigenvalue weighted by Crippen LogP contribution is 2.40. The van der Waals surface area contributed by atoms with E-state index in [0.717, 1.165) is 11.0 Å². The summed E-state index contributed by atoms with van der Waals surface area (Å²) in [5, 5.41) is 9.52. The van der Waals surface area contributed by atoms with Gasteiger partial charge in [0.2, 0.25) is 11.9 Å². The number of rotatable bonds is 5. The highest BCUT2D eigenvalue weighted by Gasteiger charge is 2.30. The van der Waals surface area contributed by atoms with Crippen molar-refractivity contribution in [1.82, 2.24) is 29.7 Å². The summed E-state index contributed by atoms with van der Waals surface area (Å²) >= 11 is 1.55. The van der Waals surface area contributed by atoms with Crippen molar-refractivity contribution in [1.29, 1.82) is 0 Å². The van der Waals surface area contributed by atoms with Gasteiger partial charge >= 0.3 is 0 Å². The number of nitrogens with two attached hydrogens (primary N) is 2. The van der Waals surface area contributed by atoms with Crippen LogP contribution in [-0.2, 0) is 5.75 Å². The maximum absolute atomic E-state index is 5.58. The molecule has 0 bridgehead atoms. The molecule has 0 aliphatic heterocycles. The molecule has 3 rings (SSSR count). The van der Waals surface area contributed by atoms with E-state index in [1.165, 1.54) is 12.8 Å². The zero-order valence-electron chi connectivity index (χ0n) is 12.0. The second-order valence-corrected chi connectivity index (χ2v) is 6.30. The number of hydrogen-bond acceptors (Lipinski definition) is 8. The minimum atomic E-state index is 0.143. The summed E-state index contributed by atoms with van der Waals surface area (Å²) in [6, 6.07) is 0.536. The summed E-state index contributed by atoms with van der Waals surface area (Å²) in [6.07, 6.45) is 2.38. The van der Waals surface area contributed by atoms with Crippen LogP contribution >= 0.6 is 11.8 Å². The third kappa shape index (κ3) is 3.07. The first kappa shape index (κ1) is 14.1. The van der Waals surface area contributed by atoms with Crippen LogP contribution in [0.3, 0.4) is 0 Å². The van der Waals surface area contributed by atoms with E-state index in [1.54, 1.807) is 11.8 Å². The predicted molar refractivity (Wildman–Crippen MR) is 80.6 cm³/mol. The quantitative estimate of drug-likeness (QED) is 0.794. The number of thioether (sulfide) groups is 1. The van der Waals surface area contributed by atoms with Crippen molar-refractivity contribution in [3.63, 3.8) is 0 Å². The van der Waals surface area contributed by atoms with Gasteiger partial charge in [-0.2, -0.15) is 15.0 Å². The van der Waals surface area contributed by atoms with E-state index < -0.39 is 0 Å². The maximum Gasteiger partial charge on any atom is 0.225 e. The van der Waals surface area contributed by atoms with Gasteiger partial charge < -0.3 is 16.0 Å². The molecular weight excluding hydrogens is 288 g/mol. The summed E-state index contributed by atoms with van der Waals surface area (Å²) in [6.45, 7) is 4.26. The lowest BCUT2D eigenvalue weighted by Gasteiger charge is -2.10. The molecule has 0 aromatic carbocycles. The van der Waals surface area contributed by atoms with Gasteiger partial charge in [-0.1, -0.05) is 25.6 Å². The monoisotopic (exact) mass is 306 g/mol. The molecule has 4 N–H and O–H groups in total. The van der Waals surface area contributed by atoms with Crippen molar-refractivity contribution in [3.8, 4) is 0 Å². The van der Waals surface area contributed by atoms with Crippen LogP contribution in [0.25, 0.3) is 0 Å². The molecule has 2 aromatic rings. The first-order valence-electron chi connectivity index (χ1n) is 6.88. The maximum atomic E-state index is 5.58. The number of nitrogen functional groups attached to an aromatic ring is 2. The van der Waals surface area contributed by atoms with Crippen LogP contribution in [0.1, 0.15) is 50.3 Å². The molecule has 9 heteroatoms. The summed E-state index contributed by atoms with van der Waals surface area (Å²) in [5.41, 5.74) is 11.2. The van der Waals surface area contributed by atoms with E-state index in [0.29, 0.717) is 23.5 Å². The molecular formula is C12H18N8S. The lowest BCUT2D eigenvalue weighted by molar-refractivity contribution is 0.599. The van der Waals surface area contributed by atoms with E-state index in [2.05, 4.69) is 43.6 Å². The van der Waals surface area contributed by atoms with Gasteiger partial charge in [0, 0.05) is 12.0 Å². The molecule has 1 saturated carbocycles. The fraction of sp³-hybridized carbons (Fsp3) is 0.583. The van der Waals surface area contributed by atoms with Gasteiger partial charge in [-0.25, -0.2) is 0 Å². The SMILES string of the molecule is CC(C)c1nnc(SCc2nc(N)nc(N)n2)n1C1CC1. The Morgan fingerprint density at radius 2 is 1.81 bits per heavy atom. The number of nitrogens with zero attached hydrogens (tertiary/aromatic N) is 6. The summed E-state index contributed by atoms with van der Waals surface area (Å²) in [7, 11) is 0. The first-order valence-corrected chi connectivity index (χ1v) is 7.86. The molecule has 0 atom stereocenters. The zero-order valence-corrected chi connectivity index (χ0v) is 12.8. The predicted octanol–water partition coefficient (Wildman–Crippen LogP) is 1.38. The highest BCUT2D eigenvalue weighted by molar-refractivity contribution is 7.98. The van der Waals surface area contributed by atoms with Crippen LogP contribution in [0.15, 0.2) is 5.16 Å². The Morgan fingerprint density at radius 1 is 1.14 bits per heavy atom. The van der Waals surface area contributed by atoms with Gasteiger partial charge in [0.25, 0.3) is 0 Å². The van der Waals surface area contributed by atoms with Gasteiger partial charge in [0.15, 0.2) is 5.16 Å². The second-order valence-electron chi connectivity index (χ2n) is 5.35. The topological polar surface area (TPSA) is 121 Å². The molecule has 1 aliphatic rings. The third-order valence-electron chi connectivity index (χ3n) is 3.17. The van der Waals surface area contributed by atoms with Crippen molar-refractivity contribution in [3.05, 3.63) is 11.6 Å². The Morgan fingerprint density at radius 3 is 2.38 bits per heavy atom. The van der Waals surface area contributed by atoms with E-state index in [1.807, 2.05) is 0 Å². The van der Waals surface area contributed by atoms with Crippen molar-refractivity contribution in [2.24, 2.45) is 0 Å². The summed E-state index contributed by atoms with van der Waals surface area (Å²) < 4.78 is 2.24. The lowest BCUT2D eigenvalue weighted by Crippen LogP contribution is -2.07. The molecule has 0 spiro atoms. The van der Waals surface area contributed by atoms with Crippen molar-refractivity contribution < 1.29 is 0 Å². The molecule has 0 unspecified atom stereocenters. The molecule has 2 aromatic heterocycles. The first-order chi connectivity index (χ1) is 10.0. The highest BCUT2D eigenvalue weighted by atomic mass is 32.2. The van der Waals surface area contributed by atoms with Crippen LogP contribution < -0.4 is 11.5 Å². The second kappa shape index (κ2) is 5.47. The van der Waals surface area contributed by atoms with Gasteiger partial charge in [0.1, 0.15) is 11.6 Å². The van der Waals surface area contributed by atoms with Crippen LogP contribution in [0.2, 0.25) is 0 Å². The van der Waals surface area contributed by atoms with E-state index >= 15 is 0 Å². The minimum Gasteiger partial charge on any atom is -0.368 e. The van der Waals surface area contributed by atoms with E-state index in [4.69, 9.17) is 11.5 Å². The molecule has 8 nitrogen and oxygen atoms in total. The standard InChI is InChI=1S/C12H18N8S/c1-6(2)9-18-19-12(20(9)7-3-4-7)21-5-8-15-10(13)17-11(14)16-8/h6-7H,3-5H2,1-2H3,(H4,13,14,15,16,17). The number of hydrogen-bond donors (Lipinski definition) is 2. The van der Waals surface area contributed by atoms with Crippen molar-refractivity contribution in [2.75, 3.05) is 11.5 Å². The summed E-state index contributed by atoms with van der Waals surface area (Å²) in [4.78, 5) is 11.9. The average molecular weight is 306 g/mol. The number of anilines is 2. The van der Waals surface area contributed by atoms with Crippen molar-refractivity contribution >= 4 is 23.7 Å². The molecule has 21 heavy (non-hydrogen) atoms. The molecule has 112 valence electrons. The van der Waals surface area contributed by atoms with Gasteiger partial charge in [-0.15, -0.1) is 10.2 Å². The molecule has 0 radical (unpaired) electrons. The molecule has 0 saturated heterocycles. The summed E-state index contributed by atoms with van der Waals surface area (Å²) in [5.74, 6) is 2.78. The molecule has 1 fully saturated rings. The van der Waals surface area contributed by atoms with Crippen molar-refractivity contribution in [2.45, 2.75) is 49.6 Å². The van der Waals surface area contributed by atoms with Crippen LogP contribution in [0.4, 0.5) is 11.9 Å². The smallest absolute Gasteiger partial charge is 0.225 e. The largest absolute Gasteiger partial charge is 0.368 e. The Kier molecular flexibility index (Phi) is 3.66. The van der Waals surface area contributed by atoms with E-state index in [-0.39, 0.29) is 11.9 Å². The van der Waals surface area contributed by atoms with Gasteiger partial charge in [0.05, 0.1) is 5.75 Å². The Balaban J connectivity index is 1.79. The van der Waals surface area contributed by atoms with Crippen LogP contribution in [0, 0.1) is 0 Å². The fourth-order valence-corrected chi connectivity index (χ4v) is 2.97. The molecule has 1 aliphatic carbocycles. The molecule has 2 heterocycles. The van der Waals surface area contributed by atoms with E-state index in [9.17, 15) is 0 Å². The third-order valence-corrected chi connectivity index (χ3v) is 4.11. The van der Waals surface area contributed by atoms with Crippen LogP contribution in [-0.4, -0.2) is 29.7 Å². The average Bonchev–Trinajstić information content (AvgIpc) is 3.14. The van der Waals surface area contributed by atoms with Crippen LogP contribution in [0.5, 0.6) is 0 Å². The Bertz CT molecular complexity index is 628.